The van der Waals surface area contributed by atoms with E-state index < -0.39 is 6.61 Å². The first-order valence-corrected chi connectivity index (χ1v) is 8.91. The second-order valence-electron chi connectivity index (χ2n) is 5.42. The number of aryl methyl sites for hydroxylation is 2. The molecule has 0 fully saturated rings. The lowest BCUT2D eigenvalue weighted by Gasteiger charge is -2.07. The van der Waals surface area contributed by atoms with Gasteiger partial charge in [-0.3, -0.25) is 4.79 Å². The summed E-state index contributed by atoms with van der Waals surface area (Å²) in [6, 6.07) is 6.39. The van der Waals surface area contributed by atoms with Crippen molar-refractivity contribution in [3.8, 4) is 5.75 Å². The Morgan fingerprint density at radius 3 is 2.64 bits per heavy atom. The molecule has 136 valence electrons. The SMILES string of the molecule is Cc1noc(C)c1CSCC(=O)NCCc1ccc(OC(F)F)cc1. The van der Waals surface area contributed by atoms with Crippen LogP contribution in [0.1, 0.15) is 22.6 Å². The Hall–Kier alpha value is -2.09. The minimum absolute atomic E-state index is 0.0468. The van der Waals surface area contributed by atoms with Crippen LogP contribution in [0.15, 0.2) is 28.8 Å². The van der Waals surface area contributed by atoms with Crippen LogP contribution >= 0.6 is 11.8 Å². The van der Waals surface area contributed by atoms with Crippen LogP contribution in [-0.4, -0.2) is 30.0 Å². The lowest BCUT2D eigenvalue weighted by Crippen LogP contribution is -2.27. The summed E-state index contributed by atoms with van der Waals surface area (Å²) in [5, 5.41) is 6.72. The number of nitrogens with one attached hydrogen (secondary N) is 1. The first kappa shape index (κ1) is 19.2. The molecular weight excluding hydrogens is 350 g/mol. The summed E-state index contributed by atoms with van der Waals surface area (Å²) < 4.78 is 33.5. The summed E-state index contributed by atoms with van der Waals surface area (Å²) in [6.45, 7) is 1.39. The van der Waals surface area contributed by atoms with Gasteiger partial charge in [-0.15, -0.1) is 11.8 Å². The molecule has 0 bridgehead atoms. The van der Waals surface area contributed by atoms with Crippen LogP contribution in [-0.2, 0) is 17.0 Å². The van der Waals surface area contributed by atoms with Gasteiger partial charge in [0.05, 0.1) is 11.4 Å². The highest BCUT2D eigenvalue weighted by Crippen LogP contribution is 2.19. The van der Waals surface area contributed by atoms with Crippen molar-refractivity contribution in [2.45, 2.75) is 32.6 Å². The van der Waals surface area contributed by atoms with E-state index in [0.717, 1.165) is 22.6 Å². The predicted molar refractivity (Wildman–Crippen MR) is 91.9 cm³/mol. The van der Waals surface area contributed by atoms with Crippen molar-refractivity contribution >= 4 is 17.7 Å². The molecule has 25 heavy (non-hydrogen) atoms. The van der Waals surface area contributed by atoms with E-state index in [2.05, 4.69) is 15.2 Å². The molecule has 0 atom stereocenters. The molecule has 0 aliphatic heterocycles. The largest absolute Gasteiger partial charge is 0.435 e. The predicted octanol–water partition coefficient (Wildman–Crippen LogP) is 3.48. The summed E-state index contributed by atoms with van der Waals surface area (Å²) in [4.78, 5) is 11.8. The number of ether oxygens (including phenoxy) is 1. The van der Waals surface area contributed by atoms with Crippen LogP contribution in [0.3, 0.4) is 0 Å². The Balaban J connectivity index is 1.65. The molecule has 1 aromatic carbocycles. The van der Waals surface area contributed by atoms with Crippen LogP contribution in [0.5, 0.6) is 5.75 Å². The number of carbonyl (C=O) groups is 1. The van der Waals surface area contributed by atoms with Gasteiger partial charge in [-0.2, -0.15) is 8.78 Å². The zero-order valence-corrected chi connectivity index (χ0v) is 14.9. The molecule has 0 unspecified atom stereocenters. The normalized spacial score (nSPS) is 10.9. The topological polar surface area (TPSA) is 64.4 Å². The van der Waals surface area contributed by atoms with Crippen LogP contribution in [0.2, 0.25) is 0 Å². The third-order valence-electron chi connectivity index (χ3n) is 3.55. The minimum atomic E-state index is -2.83. The van der Waals surface area contributed by atoms with Gasteiger partial charge in [-0.1, -0.05) is 17.3 Å². The number of carbonyl (C=O) groups excluding carboxylic acids is 1. The van der Waals surface area contributed by atoms with Crippen LogP contribution in [0, 0.1) is 13.8 Å². The standard InChI is InChI=1S/C17H20F2N2O3S/c1-11-15(12(2)24-21-11)9-25-10-16(22)20-8-7-13-3-5-14(6-4-13)23-17(18)19/h3-6,17H,7-10H2,1-2H3,(H,20,22). The van der Waals surface area contributed by atoms with Gasteiger partial charge >= 0.3 is 6.61 Å². The zero-order valence-electron chi connectivity index (χ0n) is 14.1. The number of halogens is 2. The number of benzene rings is 1. The molecule has 2 aromatic rings. The van der Waals surface area contributed by atoms with E-state index in [1.54, 1.807) is 12.1 Å². The van der Waals surface area contributed by atoms with E-state index in [1.165, 1.54) is 23.9 Å². The molecule has 0 saturated carbocycles. The van der Waals surface area contributed by atoms with Gasteiger partial charge in [0, 0.05) is 17.9 Å². The van der Waals surface area contributed by atoms with Gasteiger partial charge in [-0.05, 0) is 38.0 Å². The van der Waals surface area contributed by atoms with Gasteiger partial charge < -0.3 is 14.6 Å². The van der Waals surface area contributed by atoms with Crippen molar-refractivity contribution in [3.63, 3.8) is 0 Å². The van der Waals surface area contributed by atoms with Gasteiger partial charge in [0.15, 0.2) is 0 Å². The lowest BCUT2D eigenvalue weighted by molar-refractivity contribution is -0.118. The molecule has 5 nitrogen and oxygen atoms in total. The van der Waals surface area contributed by atoms with Crippen LogP contribution < -0.4 is 10.1 Å². The van der Waals surface area contributed by atoms with E-state index in [0.29, 0.717) is 24.5 Å². The molecule has 2 rings (SSSR count). The third kappa shape index (κ3) is 6.38. The van der Waals surface area contributed by atoms with Gasteiger partial charge in [0.2, 0.25) is 5.91 Å². The monoisotopic (exact) mass is 370 g/mol. The molecule has 0 radical (unpaired) electrons. The fourth-order valence-electron chi connectivity index (χ4n) is 2.19. The van der Waals surface area contributed by atoms with E-state index in [-0.39, 0.29) is 11.7 Å². The summed E-state index contributed by atoms with van der Waals surface area (Å²) >= 11 is 1.50. The quantitative estimate of drug-likeness (QED) is 0.732. The van der Waals surface area contributed by atoms with Gasteiger partial charge in [-0.25, -0.2) is 0 Å². The smallest absolute Gasteiger partial charge is 0.387 e. The molecular formula is C17H20F2N2O3S. The Morgan fingerprint density at radius 1 is 1.32 bits per heavy atom. The average molecular weight is 370 g/mol. The molecule has 8 heteroatoms. The summed E-state index contributed by atoms with van der Waals surface area (Å²) in [6.07, 6.45) is 0.620. The molecule has 0 saturated heterocycles. The number of alkyl halides is 2. The van der Waals surface area contributed by atoms with Crippen molar-refractivity contribution in [1.29, 1.82) is 0 Å². The maximum atomic E-state index is 12.1. The molecule has 1 heterocycles. The van der Waals surface area contributed by atoms with Crippen molar-refractivity contribution in [3.05, 3.63) is 46.8 Å². The number of nitrogens with zero attached hydrogens (tertiary/aromatic N) is 1. The number of aromatic nitrogens is 1. The molecule has 1 aromatic heterocycles. The van der Waals surface area contributed by atoms with E-state index >= 15 is 0 Å². The Kier molecular flexibility index (Phi) is 7.24. The van der Waals surface area contributed by atoms with Gasteiger partial charge in [0.25, 0.3) is 0 Å². The number of thioether (sulfide) groups is 1. The highest BCUT2D eigenvalue weighted by molar-refractivity contribution is 7.99. The van der Waals surface area contributed by atoms with Crippen molar-refractivity contribution in [2.75, 3.05) is 12.3 Å². The van der Waals surface area contributed by atoms with Crippen LogP contribution in [0.4, 0.5) is 8.78 Å². The Labute approximate surface area is 149 Å². The Morgan fingerprint density at radius 2 is 2.04 bits per heavy atom. The van der Waals surface area contributed by atoms with E-state index in [1.807, 2.05) is 13.8 Å². The molecule has 0 aliphatic carbocycles. The lowest BCUT2D eigenvalue weighted by atomic mass is 10.1. The number of hydrogen-bond donors (Lipinski definition) is 1. The number of rotatable bonds is 9. The van der Waals surface area contributed by atoms with E-state index in [9.17, 15) is 13.6 Å². The maximum Gasteiger partial charge on any atom is 0.387 e. The highest BCUT2D eigenvalue weighted by Gasteiger charge is 2.10. The third-order valence-corrected chi connectivity index (χ3v) is 4.50. The van der Waals surface area contributed by atoms with Crippen molar-refractivity contribution in [2.24, 2.45) is 0 Å². The molecule has 0 aliphatic rings. The van der Waals surface area contributed by atoms with E-state index in [4.69, 9.17) is 4.52 Å². The van der Waals surface area contributed by atoms with Crippen molar-refractivity contribution in [1.82, 2.24) is 10.5 Å². The van der Waals surface area contributed by atoms with Crippen molar-refractivity contribution < 1.29 is 22.8 Å². The Bertz CT molecular complexity index is 670. The first-order chi connectivity index (χ1) is 12.0. The van der Waals surface area contributed by atoms with Gasteiger partial charge in [0.1, 0.15) is 11.5 Å². The van der Waals surface area contributed by atoms with Crippen LogP contribution in [0.25, 0.3) is 0 Å². The number of hydrogen-bond acceptors (Lipinski definition) is 5. The maximum absolute atomic E-state index is 12.1. The second-order valence-corrected chi connectivity index (χ2v) is 6.40. The fourth-order valence-corrected chi connectivity index (χ4v) is 3.19. The molecule has 1 N–H and O–H groups in total. The molecule has 1 amide bonds. The zero-order chi connectivity index (χ0) is 18.2. The fraction of sp³-hybridized carbons (Fsp3) is 0.412. The number of amides is 1. The minimum Gasteiger partial charge on any atom is -0.435 e. The average Bonchev–Trinajstić information content (AvgIpc) is 2.88. The highest BCUT2D eigenvalue weighted by atomic mass is 32.2. The first-order valence-electron chi connectivity index (χ1n) is 7.75. The second kappa shape index (κ2) is 9.41. The summed E-state index contributed by atoms with van der Waals surface area (Å²) in [5.41, 5.74) is 2.82. The summed E-state index contributed by atoms with van der Waals surface area (Å²) in [5.74, 6) is 1.89. The molecule has 0 spiro atoms. The summed E-state index contributed by atoms with van der Waals surface area (Å²) in [7, 11) is 0.